The summed E-state index contributed by atoms with van der Waals surface area (Å²) in [6, 6.07) is 150. The van der Waals surface area contributed by atoms with Gasteiger partial charge in [0, 0.05) is 88.3 Å². The molecule has 0 bridgehead atoms. The fraction of sp³-hybridized carbons (Fsp3) is 0. The number of benzene rings is 18. The number of fused-ring (bicyclic) bond motifs is 12. The van der Waals surface area contributed by atoms with Crippen molar-refractivity contribution in [2.45, 2.75) is 0 Å². The first-order valence-corrected chi connectivity index (χ1v) is 38.6. The molecule has 0 N–H and O–H groups in total. The molecule has 0 fully saturated rings. The molecule has 536 valence electrons. The van der Waals surface area contributed by atoms with E-state index in [1.165, 1.54) is 44.5 Å². The molecule has 0 amide bonds. The lowest BCUT2D eigenvalue weighted by atomic mass is 9.98. The lowest BCUT2D eigenvalue weighted by Gasteiger charge is -2.26. The number of anilines is 6. The van der Waals surface area contributed by atoms with Gasteiger partial charge in [0.25, 0.3) is 0 Å². The van der Waals surface area contributed by atoms with Crippen molar-refractivity contribution in [2.75, 3.05) is 9.80 Å². The standard InChI is InChI=1S/2C54H35NO2/c1-2-11-36(12-3-1)40-13-8-14-41(35-40)37-23-29-42(30-24-37)55(43-31-25-38(26-32-43)45-17-9-19-49-47-15-4-6-21-51(47)56-53(45)49)44-33-27-39(28-34-44)46-18-10-20-50-48-16-5-7-22-52(48)57-54(46)50;1-2-9-36(10-3-1)40-11-8-12-41(33-40)37-17-25-44(26-18-37)55(45-27-19-38(20-28-45)42-23-31-53-49(34-42)47-13-4-6-15-51(47)56-53)46-29-21-39(22-30-46)43-24-32-54-50(35-43)48-14-5-7-16-52(48)57-54/h2*1-35H. The molecule has 114 heavy (non-hydrogen) atoms. The number of hydrogen-bond acceptors (Lipinski definition) is 6. The summed E-state index contributed by atoms with van der Waals surface area (Å²) in [4.78, 5) is 4.65. The van der Waals surface area contributed by atoms with Crippen LogP contribution in [0.2, 0.25) is 0 Å². The lowest BCUT2D eigenvalue weighted by Crippen LogP contribution is -2.09. The Morgan fingerprint density at radius 3 is 0.675 bits per heavy atom. The highest BCUT2D eigenvalue weighted by atomic mass is 16.3. The molecule has 0 radical (unpaired) electrons. The van der Waals surface area contributed by atoms with Crippen LogP contribution in [0.5, 0.6) is 0 Å². The number of hydrogen-bond donors (Lipinski definition) is 0. The molecular formula is C108H70N2O4. The Labute approximate surface area is 658 Å². The minimum absolute atomic E-state index is 0.901. The summed E-state index contributed by atoms with van der Waals surface area (Å²) in [5, 5.41) is 9.04. The first kappa shape index (κ1) is 66.9. The topological polar surface area (TPSA) is 59.0 Å². The highest BCUT2D eigenvalue weighted by molar-refractivity contribution is 6.12. The summed E-state index contributed by atoms with van der Waals surface area (Å²) in [5.41, 5.74) is 32.2. The van der Waals surface area contributed by atoms with E-state index < -0.39 is 0 Å². The van der Waals surface area contributed by atoms with E-state index in [9.17, 15) is 0 Å². The maximum atomic E-state index is 6.41. The third-order valence-corrected chi connectivity index (χ3v) is 22.2. The molecule has 0 saturated carbocycles. The summed E-state index contributed by atoms with van der Waals surface area (Å²) in [7, 11) is 0. The summed E-state index contributed by atoms with van der Waals surface area (Å²) < 4.78 is 25.0. The molecule has 0 saturated heterocycles. The number of para-hydroxylation sites is 6. The molecule has 0 aliphatic carbocycles. The van der Waals surface area contributed by atoms with E-state index >= 15 is 0 Å². The van der Waals surface area contributed by atoms with E-state index in [0.29, 0.717) is 0 Å². The van der Waals surface area contributed by atoms with Crippen molar-refractivity contribution in [1.82, 2.24) is 0 Å². The van der Waals surface area contributed by atoms with Crippen molar-refractivity contribution in [3.05, 3.63) is 425 Å². The zero-order valence-corrected chi connectivity index (χ0v) is 61.9. The summed E-state index contributed by atoms with van der Waals surface area (Å²) in [6.45, 7) is 0. The average Bonchev–Trinajstić information content (AvgIpc) is 1.57. The predicted molar refractivity (Wildman–Crippen MR) is 475 cm³/mol. The average molecular weight is 1460 g/mol. The molecule has 0 aliphatic rings. The highest BCUT2D eigenvalue weighted by Gasteiger charge is 2.21. The second-order valence-corrected chi connectivity index (χ2v) is 29.0. The van der Waals surface area contributed by atoms with E-state index in [2.05, 4.69) is 386 Å². The minimum Gasteiger partial charge on any atom is -0.456 e. The number of nitrogens with zero attached hydrogens (tertiary/aromatic N) is 2. The van der Waals surface area contributed by atoms with Gasteiger partial charge < -0.3 is 27.5 Å². The monoisotopic (exact) mass is 1460 g/mol. The van der Waals surface area contributed by atoms with Gasteiger partial charge in [-0.25, -0.2) is 0 Å². The van der Waals surface area contributed by atoms with Gasteiger partial charge in [0.15, 0.2) is 0 Å². The molecule has 6 nitrogen and oxygen atoms in total. The van der Waals surface area contributed by atoms with Crippen LogP contribution in [0.1, 0.15) is 0 Å². The Bertz CT molecular complexity index is 6990. The largest absolute Gasteiger partial charge is 0.456 e. The molecule has 4 aromatic heterocycles. The Balaban J connectivity index is 0.000000143. The van der Waals surface area contributed by atoms with Gasteiger partial charge in [-0.2, -0.15) is 0 Å². The van der Waals surface area contributed by atoms with Crippen LogP contribution in [0.4, 0.5) is 34.1 Å². The molecule has 22 aromatic rings. The highest BCUT2D eigenvalue weighted by Crippen LogP contribution is 2.45. The SMILES string of the molecule is c1ccc(-c2cccc(-c3ccc(N(c4ccc(-c5ccc6oc7ccccc7c6c5)cc4)c4ccc(-c5ccc6oc7ccccc7c6c5)cc4)cc3)c2)cc1.c1ccc(-c2cccc(-c3ccc(N(c4ccc(-c5cccc6c5oc5ccccc56)cc4)c4ccc(-c5cccc6c5oc5ccccc56)cc4)cc3)c2)cc1. The van der Waals surface area contributed by atoms with Gasteiger partial charge in [0.2, 0.25) is 0 Å². The minimum atomic E-state index is 0.901. The molecule has 18 aromatic carbocycles. The van der Waals surface area contributed by atoms with Crippen LogP contribution >= 0.6 is 0 Å². The first-order valence-electron chi connectivity index (χ1n) is 38.6. The van der Waals surface area contributed by atoms with Crippen molar-refractivity contribution in [3.63, 3.8) is 0 Å². The molecule has 4 heterocycles. The first-order chi connectivity index (χ1) is 56.5. The van der Waals surface area contributed by atoms with Gasteiger partial charge in [-0.05, 0) is 211 Å². The number of furan rings is 4. The predicted octanol–water partition coefficient (Wildman–Crippen LogP) is 31.2. The molecule has 22 rings (SSSR count). The Morgan fingerprint density at radius 2 is 0.351 bits per heavy atom. The molecule has 0 atom stereocenters. The Morgan fingerprint density at radius 1 is 0.132 bits per heavy atom. The quantitative estimate of drug-likeness (QED) is 0.108. The zero-order chi connectivity index (χ0) is 75.4. The van der Waals surface area contributed by atoms with Gasteiger partial charge in [-0.1, -0.05) is 291 Å². The van der Waals surface area contributed by atoms with Crippen molar-refractivity contribution in [1.29, 1.82) is 0 Å². The fourth-order valence-corrected chi connectivity index (χ4v) is 16.5. The maximum Gasteiger partial charge on any atom is 0.143 e. The van der Waals surface area contributed by atoms with E-state index in [1.807, 2.05) is 48.5 Å². The second kappa shape index (κ2) is 28.6. The van der Waals surface area contributed by atoms with Crippen LogP contribution in [0.3, 0.4) is 0 Å². The molecular weight excluding hydrogens is 1390 g/mol. The second-order valence-electron chi connectivity index (χ2n) is 29.0. The fourth-order valence-electron chi connectivity index (χ4n) is 16.5. The van der Waals surface area contributed by atoms with Crippen LogP contribution in [-0.2, 0) is 0 Å². The lowest BCUT2D eigenvalue weighted by molar-refractivity contribution is 0.668. The van der Waals surface area contributed by atoms with Crippen LogP contribution in [-0.4, -0.2) is 0 Å². The van der Waals surface area contributed by atoms with Crippen LogP contribution < -0.4 is 9.80 Å². The van der Waals surface area contributed by atoms with Gasteiger partial charge in [0.05, 0.1) is 0 Å². The molecule has 6 heteroatoms. The Kier molecular flexibility index (Phi) is 16.8. The van der Waals surface area contributed by atoms with Gasteiger partial charge >= 0.3 is 0 Å². The van der Waals surface area contributed by atoms with E-state index in [0.717, 1.165) is 166 Å². The van der Waals surface area contributed by atoms with Crippen LogP contribution in [0.15, 0.2) is 442 Å². The van der Waals surface area contributed by atoms with E-state index in [-0.39, 0.29) is 0 Å². The Hall–Kier alpha value is -15.2. The summed E-state index contributed by atoms with van der Waals surface area (Å²) in [6.07, 6.45) is 0. The van der Waals surface area contributed by atoms with Crippen molar-refractivity contribution in [3.8, 4) is 89.0 Å². The zero-order valence-electron chi connectivity index (χ0n) is 61.9. The number of rotatable bonds is 14. The molecule has 0 aliphatic heterocycles. The van der Waals surface area contributed by atoms with Gasteiger partial charge in [-0.15, -0.1) is 0 Å². The van der Waals surface area contributed by atoms with Crippen LogP contribution in [0.25, 0.3) is 177 Å². The summed E-state index contributed by atoms with van der Waals surface area (Å²) in [5.74, 6) is 0. The van der Waals surface area contributed by atoms with Crippen molar-refractivity contribution in [2.24, 2.45) is 0 Å². The normalized spacial score (nSPS) is 11.5. The smallest absolute Gasteiger partial charge is 0.143 e. The third kappa shape index (κ3) is 12.5. The van der Waals surface area contributed by atoms with E-state index in [1.54, 1.807) is 0 Å². The molecule has 0 unspecified atom stereocenters. The van der Waals surface area contributed by atoms with Crippen molar-refractivity contribution >= 4 is 122 Å². The van der Waals surface area contributed by atoms with Gasteiger partial charge in [0.1, 0.15) is 44.7 Å². The third-order valence-electron chi connectivity index (χ3n) is 22.2. The van der Waals surface area contributed by atoms with Crippen LogP contribution in [0, 0.1) is 0 Å². The van der Waals surface area contributed by atoms with Crippen molar-refractivity contribution < 1.29 is 17.7 Å². The summed E-state index contributed by atoms with van der Waals surface area (Å²) >= 11 is 0. The van der Waals surface area contributed by atoms with E-state index in [4.69, 9.17) is 17.7 Å². The maximum absolute atomic E-state index is 6.41. The molecule has 0 spiro atoms. The van der Waals surface area contributed by atoms with Gasteiger partial charge in [-0.3, -0.25) is 0 Å².